The molecule has 0 amide bonds. The molecule has 37 heavy (non-hydrogen) atoms. The van der Waals surface area contributed by atoms with Crippen LogP contribution >= 0.6 is 0 Å². The molecule has 188 valence electrons. The quantitative estimate of drug-likeness (QED) is 0.304. The average molecular weight is 491 g/mol. The van der Waals surface area contributed by atoms with E-state index in [1.807, 2.05) is 30.3 Å². The molecule has 0 unspecified atom stereocenters. The molecule has 0 aliphatic heterocycles. The summed E-state index contributed by atoms with van der Waals surface area (Å²) in [7, 11) is 1.71. The Kier molecular flexibility index (Phi) is 6.19. The number of rotatable bonds is 5. The van der Waals surface area contributed by atoms with E-state index in [9.17, 15) is 9.90 Å². The van der Waals surface area contributed by atoms with Crippen molar-refractivity contribution in [3.8, 4) is 39.1 Å². The fourth-order valence-electron chi connectivity index (χ4n) is 5.63. The molecule has 1 aliphatic carbocycles. The normalized spacial score (nSPS) is 15.6. The lowest BCUT2D eigenvalue weighted by molar-refractivity contribution is 0.0697. The molecule has 0 heterocycles. The summed E-state index contributed by atoms with van der Waals surface area (Å²) in [5, 5.41) is 9.31. The first-order valence-corrected chi connectivity index (χ1v) is 12.9. The first-order chi connectivity index (χ1) is 17.6. The van der Waals surface area contributed by atoms with E-state index < -0.39 is 5.97 Å². The maximum absolute atomic E-state index is 11.4. The summed E-state index contributed by atoms with van der Waals surface area (Å²) in [5.41, 5.74) is 9.89. The minimum atomic E-state index is -0.918. The van der Waals surface area contributed by atoms with Crippen LogP contribution in [0.1, 0.15) is 62.0 Å². The lowest BCUT2D eigenvalue weighted by Gasteiger charge is -2.42. The van der Waals surface area contributed by atoms with Crippen LogP contribution in [0, 0.1) is 0 Å². The maximum Gasteiger partial charge on any atom is 0.335 e. The highest BCUT2D eigenvalue weighted by molar-refractivity contribution is 5.91. The summed E-state index contributed by atoms with van der Waals surface area (Å²) >= 11 is 0. The number of carboxylic acid groups (broad SMARTS) is 1. The van der Waals surface area contributed by atoms with Crippen molar-refractivity contribution in [2.24, 2.45) is 0 Å². The number of hydrogen-bond acceptors (Lipinski definition) is 2. The predicted molar refractivity (Wildman–Crippen MR) is 152 cm³/mol. The standard InChI is InChI=1S/C34H34O3/c1-33(2)18-19-34(3,4)30-21-25(15-17-29(30)33)28-20-24(22-10-12-23(13-11-22)32(35)36)14-16-26(28)27-8-6-7-9-31(27)37-5/h6-17,20-21H,18-19H2,1-5H3,(H,35,36). The molecule has 3 heteroatoms. The summed E-state index contributed by atoms with van der Waals surface area (Å²) in [5.74, 6) is -0.0832. The van der Waals surface area contributed by atoms with Gasteiger partial charge in [0, 0.05) is 5.56 Å². The van der Waals surface area contributed by atoms with Gasteiger partial charge < -0.3 is 9.84 Å². The Morgan fingerprint density at radius 2 is 1.30 bits per heavy atom. The van der Waals surface area contributed by atoms with E-state index in [0.29, 0.717) is 0 Å². The van der Waals surface area contributed by atoms with Crippen LogP contribution < -0.4 is 4.74 Å². The molecule has 4 aromatic rings. The molecule has 1 aliphatic rings. The highest BCUT2D eigenvalue weighted by Gasteiger charge is 2.37. The molecule has 3 nitrogen and oxygen atoms in total. The third-order valence-corrected chi connectivity index (χ3v) is 8.05. The number of aromatic carboxylic acids is 1. The van der Waals surface area contributed by atoms with Crippen molar-refractivity contribution in [2.45, 2.75) is 51.4 Å². The van der Waals surface area contributed by atoms with Crippen molar-refractivity contribution in [2.75, 3.05) is 7.11 Å². The van der Waals surface area contributed by atoms with Crippen LogP contribution in [0.15, 0.2) is 84.9 Å². The predicted octanol–water partition coefficient (Wildman–Crippen LogP) is 8.74. The average Bonchev–Trinajstić information content (AvgIpc) is 2.91. The van der Waals surface area contributed by atoms with Gasteiger partial charge in [-0.25, -0.2) is 4.79 Å². The van der Waals surface area contributed by atoms with Crippen LogP contribution in [0.25, 0.3) is 33.4 Å². The number of methoxy groups -OCH3 is 1. The van der Waals surface area contributed by atoms with Gasteiger partial charge in [-0.3, -0.25) is 0 Å². The lowest BCUT2D eigenvalue weighted by Crippen LogP contribution is -2.33. The Morgan fingerprint density at radius 1 is 0.676 bits per heavy atom. The lowest BCUT2D eigenvalue weighted by atomic mass is 9.63. The third-order valence-electron chi connectivity index (χ3n) is 8.05. The number of carbonyl (C=O) groups is 1. The van der Waals surface area contributed by atoms with Gasteiger partial charge in [0.05, 0.1) is 12.7 Å². The third kappa shape index (κ3) is 4.55. The highest BCUT2D eigenvalue weighted by Crippen LogP contribution is 2.48. The van der Waals surface area contributed by atoms with Crippen molar-refractivity contribution in [1.82, 2.24) is 0 Å². The van der Waals surface area contributed by atoms with E-state index >= 15 is 0 Å². The SMILES string of the molecule is COc1ccccc1-c1ccc(-c2ccc(C(=O)O)cc2)cc1-c1ccc2c(c1)C(C)(C)CCC2(C)C. The van der Waals surface area contributed by atoms with Crippen LogP contribution in [0.3, 0.4) is 0 Å². The van der Waals surface area contributed by atoms with Crippen LogP contribution in [0.2, 0.25) is 0 Å². The van der Waals surface area contributed by atoms with E-state index in [1.54, 1.807) is 19.2 Å². The molecule has 0 fully saturated rings. The molecule has 0 saturated carbocycles. The molecule has 0 aromatic heterocycles. The van der Waals surface area contributed by atoms with E-state index in [0.717, 1.165) is 40.0 Å². The van der Waals surface area contributed by atoms with Gasteiger partial charge >= 0.3 is 5.97 Å². The molecular weight excluding hydrogens is 456 g/mol. The Morgan fingerprint density at radius 3 is 1.97 bits per heavy atom. The largest absolute Gasteiger partial charge is 0.496 e. The monoisotopic (exact) mass is 490 g/mol. The smallest absolute Gasteiger partial charge is 0.335 e. The Balaban J connectivity index is 1.73. The summed E-state index contributed by atoms with van der Waals surface area (Å²) < 4.78 is 5.74. The van der Waals surface area contributed by atoms with Crippen molar-refractivity contribution in [1.29, 1.82) is 0 Å². The molecule has 0 saturated heterocycles. The van der Waals surface area contributed by atoms with E-state index in [-0.39, 0.29) is 16.4 Å². The van der Waals surface area contributed by atoms with Gasteiger partial charge in [0.2, 0.25) is 0 Å². The second kappa shape index (κ2) is 9.23. The second-order valence-electron chi connectivity index (χ2n) is 11.4. The minimum absolute atomic E-state index is 0.107. The fourth-order valence-corrected chi connectivity index (χ4v) is 5.63. The van der Waals surface area contributed by atoms with E-state index in [1.165, 1.54) is 23.1 Å². The minimum Gasteiger partial charge on any atom is -0.496 e. The summed E-state index contributed by atoms with van der Waals surface area (Å²) in [4.78, 5) is 11.4. The number of carboxylic acids is 1. The molecule has 0 atom stereocenters. The molecule has 5 rings (SSSR count). The molecule has 1 N–H and O–H groups in total. The maximum atomic E-state index is 11.4. The topological polar surface area (TPSA) is 46.5 Å². The summed E-state index contributed by atoms with van der Waals surface area (Å²) in [6, 6.07) is 28.7. The van der Waals surface area contributed by atoms with Crippen LogP contribution in [-0.4, -0.2) is 18.2 Å². The van der Waals surface area contributed by atoms with Crippen LogP contribution in [0.4, 0.5) is 0 Å². The van der Waals surface area contributed by atoms with Gasteiger partial charge in [0.1, 0.15) is 5.75 Å². The Bertz CT molecular complexity index is 1480. The molecular formula is C34H34O3. The van der Waals surface area contributed by atoms with Crippen molar-refractivity contribution < 1.29 is 14.6 Å². The van der Waals surface area contributed by atoms with Crippen molar-refractivity contribution in [3.63, 3.8) is 0 Å². The second-order valence-corrected chi connectivity index (χ2v) is 11.4. The number of para-hydroxylation sites is 1. The van der Waals surface area contributed by atoms with Gasteiger partial charge in [0.25, 0.3) is 0 Å². The molecule has 0 radical (unpaired) electrons. The zero-order chi connectivity index (χ0) is 26.4. The Labute approximate surface area is 219 Å². The number of fused-ring (bicyclic) bond motifs is 1. The Hall–Kier alpha value is -3.85. The highest BCUT2D eigenvalue weighted by atomic mass is 16.5. The summed E-state index contributed by atoms with van der Waals surface area (Å²) in [6.07, 6.45) is 2.34. The van der Waals surface area contributed by atoms with Crippen LogP contribution in [-0.2, 0) is 10.8 Å². The first kappa shape index (κ1) is 24.8. The molecule has 4 aromatic carbocycles. The first-order valence-electron chi connectivity index (χ1n) is 12.9. The molecule has 0 spiro atoms. The van der Waals surface area contributed by atoms with Crippen molar-refractivity contribution in [3.05, 3.63) is 102 Å². The van der Waals surface area contributed by atoms with Gasteiger partial charge in [-0.05, 0) is 86.9 Å². The van der Waals surface area contributed by atoms with E-state index in [4.69, 9.17) is 4.74 Å². The van der Waals surface area contributed by atoms with Gasteiger partial charge in [-0.2, -0.15) is 0 Å². The molecule has 0 bridgehead atoms. The number of benzene rings is 4. The number of hydrogen-bond donors (Lipinski definition) is 1. The number of ether oxygens (including phenoxy) is 1. The summed E-state index contributed by atoms with van der Waals surface area (Å²) in [6.45, 7) is 9.41. The van der Waals surface area contributed by atoms with Gasteiger partial charge in [0.15, 0.2) is 0 Å². The zero-order valence-electron chi connectivity index (χ0n) is 22.3. The van der Waals surface area contributed by atoms with Crippen LogP contribution in [0.5, 0.6) is 5.75 Å². The zero-order valence-corrected chi connectivity index (χ0v) is 22.3. The van der Waals surface area contributed by atoms with Gasteiger partial charge in [-0.1, -0.05) is 88.4 Å². The van der Waals surface area contributed by atoms with E-state index in [2.05, 4.69) is 70.2 Å². The van der Waals surface area contributed by atoms with Gasteiger partial charge in [-0.15, -0.1) is 0 Å². The fraction of sp³-hybridized carbons (Fsp3) is 0.265. The van der Waals surface area contributed by atoms with Crippen molar-refractivity contribution >= 4 is 5.97 Å².